The minimum atomic E-state index is 0.265. The summed E-state index contributed by atoms with van der Waals surface area (Å²) in [5.41, 5.74) is 0. The van der Waals surface area contributed by atoms with Gasteiger partial charge in [0.05, 0.1) is 0 Å². The van der Waals surface area contributed by atoms with Crippen LogP contribution in [0.3, 0.4) is 0 Å². The highest BCUT2D eigenvalue weighted by molar-refractivity contribution is 6.17. The summed E-state index contributed by atoms with van der Waals surface area (Å²) in [4.78, 5) is 15.9. The Hall–Kier alpha value is -0.280. The van der Waals surface area contributed by atoms with E-state index in [1.807, 2.05) is 4.90 Å². The van der Waals surface area contributed by atoms with E-state index in [4.69, 9.17) is 11.6 Å². The van der Waals surface area contributed by atoms with Gasteiger partial charge in [-0.25, -0.2) is 0 Å². The molecule has 14 heavy (non-hydrogen) atoms. The molecule has 0 spiro atoms. The van der Waals surface area contributed by atoms with Crippen molar-refractivity contribution in [1.82, 2.24) is 9.80 Å². The van der Waals surface area contributed by atoms with E-state index in [2.05, 4.69) is 11.8 Å². The number of likely N-dealkylation sites (N-methyl/N-ethyl adjacent to an activating group) is 1. The molecule has 1 amide bonds. The van der Waals surface area contributed by atoms with Crippen LogP contribution in [0.4, 0.5) is 0 Å². The maximum absolute atomic E-state index is 11.6. The molecule has 0 saturated carbocycles. The molecule has 0 atom stereocenters. The third-order valence-electron chi connectivity index (χ3n) is 2.70. The van der Waals surface area contributed by atoms with Gasteiger partial charge in [-0.2, -0.15) is 0 Å². The van der Waals surface area contributed by atoms with Gasteiger partial charge in [0.15, 0.2) is 0 Å². The van der Waals surface area contributed by atoms with Crippen LogP contribution in [-0.4, -0.2) is 54.3 Å². The highest BCUT2D eigenvalue weighted by atomic mass is 35.5. The predicted octanol–water partition coefficient (Wildman–Crippen LogP) is 1.17. The number of hydrogen-bond donors (Lipinski definition) is 0. The van der Waals surface area contributed by atoms with Crippen molar-refractivity contribution in [3.8, 4) is 0 Å². The van der Waals surface area contributed by atoms with Crippen molar-refractivity contribution in [2.45, 2.75) is 19.8 Å². The average molecular weight is 219 g/mol. The Balaban J connectivity index is 2.23. The maximum Gasteiger partial charge on any atom is 0.222 e. The molecule has 1 rings (SSSR count). The van der Waals surface area contributed by atoms with Crippen LogP contribution >= 0.6 is 11.6 Å². The summed E-state index contributed by atoms with van der Waals surface area (Å²) in [6.45, 7) is 7.05. The third kappa shape index (κ3) is 3.46. The maximum atomic E-state index is 11.6. The topological polar surface area (TPSA) is 23.6 Å². The molecule has 0 radical (unpaired) electrons. The van der Waals surface area contributed by atoms with Gasteiger partial charge in [0.25, 0.3) is 0 Å². The number of nitrogens with zero attached hydrogens (tertiary/aromatic N) is 2. The van der Waals surface area contributed by atoms with Gasteiger partial charge in [0.2, 0.25) is 5.91 Å². The molecule has 4 heteroatoms. The summed E-state index contributed by atoms with van der Waals surface area (Å²) in [7, 11) is 0. The summed E-state index contributed by atoms with van der Waals surface area (Å²) >= 11 is 5.55. The molecule has 1 saturated heterocycles. The molecule has 0 unspecified atom stereocenters. The van der Waals surface area contributed by atoms with Crippen LogP contribution in [-0.2, 0) is 4.79 Å². The van der Waals surface area contributed by atoms with Crippen molar-refractivity contribution in [2.24, 2.45) is 0 Å². The Morgan fingerprint density at radius 2 is 1.93 bits per heavy atom. The molecular formula is C10H19ClN2O. The van der Waals surface area contributed by atoms with E-state index in [1.54, 1.807) is 0 Å². The van der Waals surface area contributed by atoms with Gasteiger partial charge in [-0.3, -0.25) is 4.79 Å². The van der Waals surface area contributed by atoms with Gasteiger partial charge in [-0.1, -0.05) is 6.92 Å². The van der Waals surface area contributed by atoms with Crippen LogP contribution in [0.15, 0.2) is 0 Å². The minimum absolute atomic E-state index is 0.265. The number of alkyl halides is 1. The second-order valence-corrected chi connectivity index (χ2v) is 3.99. The molecule has 1 aliphatic rings. The first-order valence-corrected chi connectivity index (χ1v) is 5.87. The predicted molar refractivity (Wildman–Crippen MR) is 58.6 cm³/mol. The Morgan fingerprint density at radius 3 is 2.43 bits per heavy atom. The molecule has 1 fully saturated rings. The smallest absolute Gasteiger partial charge is 0.222 e. The zero-order chi connectivity index (χ0) is 10.4. The molecule has 0 aliphatic carbocycles. The number of amides is 1. The van der Waals surface area contributed by atoms with Gasteiger partial charge in [0.1, 0.15) is 0 Å². The van der Waals surface area contributed by atoms with Crippen LogP contribution in [0, 0.1) is 0 Å². The highest BCUT2D eigenvalue weighted by Gasteiger charge is 2.19. The number of rotatable bonds is 4. The quantitative estimate of drug-likeness (QED) is 0.662. The van der Waals surface area contributed by atoms with E-state index in [0.717, 1.165) is 39.1 Å². The first-order valence-electron chi connectivity index (χ1n) is 5.34. The van der Waals surface area contributed by atoms with E-state index in [1.165, 1.54) is 0 Å². The summed E-state index contributed by atoms with van der Waals surface area (Å²) < 4.78 is 0. The molecule has 1 aliphatic heterocycles. The first-order chi connectivity index (χ1) is 6.77. The lowest BCUT2D eigenvalue weighted by atomic mass is 10.2. The number of halogens is 1. The molecule has 0 N–H and O–H groups in total. The number of carbonyl (C=O) groups excluding carboxylic acids is 1. The molecule has 82 valence electrons. The lowest BCUT2D eigenvalue weighted by Gasteiger charge is -2.34. The number of hydrogen-bond acceptors (Lipinski definition) is 2. The molecule has 1 heterocycles. The van der Waals surface area contributed by atoms with Crippen molar-refractivity contribution in [2.75, 3.05) is 38.6 Å². The monoisotopic (exact) mass is 218 g/mol. The molecular weight excluding hydrogens is 200 g/mol. The fourth-order valence-electron chi connectivity index (χ4n) is 1.69. The first kappa shape index (κ1) is 11.8. The van der Waals surface area contributed by atoms with Crippen LogP contribution < -0.4 is 0 Å². The summed E-state index contributed by atoms with van der Waals surface area (Å²) in [6.07, 6.45) is 1.41. The van der Waals surface area contributed by atoms with Crippen LogP contribution in [0.25, 0.3) is 0 Å². The lowest BCUT2D eigenvalue weighted by molar-refractivity contribution is -0.132. The van der Waals surface area contributed by atoms with Crippen LogP contribution in [0.2, 0.25) is 0 Å². The molecule has 0 aromatic carbocycles. The van der Waals surface area contributed by atoms with Gasteiger partial charge < -0.3 is 9.80 Å². The van der Waals surface area contributed by atoms with E-state index in [9.17, 15) is 4.79 Å². The number of carbonyl (C=O) groups is 1. The second-order valence-electron chi connectivity index (χ2n) is 3.61. The van der Waals surface area contributed by atoms with Gasteiger partial charge >= 0.3 is 0 Å². The molecule has 3 nitrogen and oxygen atoms in total. The number of piperazine rings is 1. The van der Waals surface area contributed by atoms with Gasteiger partial charge in [-0.05, 0) is 13.0 Å². The van der Waals surface area contributed by atoms with Crippen molar-refractivity contribution >= 4 is 17.5 Å². The Kier molecular flexibility index (Phi) is 5.26. The van der Waals surface area contributed by atoms with Gasteiger partial charge in [-0.15, -0.1) is 11.6 Å². The third-order valence-corrected chi connectivity index (χ3v) is 2.96. The second kappa shape index (κ2) is 6.25. The fraction of sp³-hybridized carbons (Fsp3) is 0.900. The van der Waals surface area contributed by atoms with E-state index in [-0.39, 0.29) is 5.91 Å². The Morgan fingerprint density at radius 1 is 1.29 bits per heavy atom. The summed E-state index contributed by atoms with van der Waals surface area (Å²) in [5.74, 6) is 0.849. The van der Waals surface area contributed by atoms with Crippen LogP contribution in [0.1, 0.15) is 19.8 Å². The minimum Gasteiger partial charge on any atom is -0.340 e. The lowest BCUT2D eigenvalue weighted by Crippen LogP contribution is -2.48. The van der Waals surface area contributed by atoms with Crippen molar-refractivity contribution in [3.63, 3.8) is 0 Å². The van der Waals surface area contributed by atoms with E-state index in [0.29, 0.717) is 12.3 Å². The zero-order valence-corrected chi connectivity index (χ0v) is 9.59. The summed E-state index contributed by atoms with van der Waals surface area (Å²) in [5, 5.41) is 0. The van der Waals surface area contributed by atoms with E-state index < -0.39 is 0 Å². The van der Waals surface area contributed by atoms with Crippen molar-refractivity contribution in [1.29, 1.82) is 0 Å². The van der Waals surface area contributed by atoms with Crippen LogP contribution in [0.5, 0.6) is 0 Å². The van der Waals surface area contributed by atoms with Gasteiger partial charge in [0, 0.05) is 38.5 Å². The zero-order valence-electron chi connectivity index (χ0n) is 8.84. The molecule has 0 aromatic rings. The molecule has 0 aromatic heterocycles. The highest BCUT2D eigenvalue weighted by Crippen LogP contribution is 2.05. The standard InChI is InChI=1S/C10H19ClN2O/c1-2-12-6-8-13(9-7-12)10(14)4-3-5-11/h2-9H2,1H3. The van der Waals surface area contributed by atoms with Crippen molar-refractivity contribution in [3.05, 3.63) is 0 Å². The Bertz CT molecular complexity index is 179. The molecule has 0 bridgehead atoms. The largest absolute Gasteiger partial charge is 0.340 e. The fourth-order valence-corrected chi connectivity index (χ4v) is 1.82. The SMILES string of the molecule is CCN1CCN(C(=O)CCCCl)CC1. The van der Waals surface area contributed by atoms with E-state index >= 15 is 0 Å². The van der Waals surface area contributed by atoms with Crippen molar-refractivity contribution < 1.29 is 4.79 Å². The normalized spacial score (nSPS) is 18.6. The average Bonchev–Trinajstić information content (AvgIpc) is 2.26. The Labute approximate surface area is 91.0 Å². The summed E-state index contributed by atoms with van der Waals surface area (Å²) in [6, 6.07) is 0.